The maximum atomic E-state index is 6.18. The first-order valence-electron chi connectivity index (χ1n) is 11.1. The van der Waals surface area contributed by atoms with Crippen molar-refractivity contribution in [1.29, 1.82) is 0 Å². The van der Waals surface area contributed by atoms with Gasteiger partial charge in [0.15, 0.2) is 5.11 Å². The molecule has 2 atom stereocenters. The van der Waals surface area contributed by atoms with Crippen molar-refractivity contribution in [3.05, 3.63) is 107 Å². The third kappa shape index (κ3) is 3.93. The number of benzene rings is 2. The fourth-order valence-electron chi connectivity index (χ4n) is 4.78. The number of methoxy groups -OCH3 is 1. The van der Waals surface area contributed by atoms with E-state index in [1.165, 1.54) is 5.56 Å². The molecule has 2 aromatic carbocycles. The molecule has 1 aliphatic heterocycles. The summed E-state index contributed by atoms with van der Waals surface area (Å²) in [7, 11) is 1.69. The van der Waals surface area contributed by atoms with Crippen molar-refractivity contribution in [1.82, 2.24) is 14.9 Å². The van der Waals surface area contributed by atoms with Crippen LogP contribution in [0.2, 0.25) is 5.02 Å². The molecule has 5 nitrogen and oxygen atoms in total. The lowest BCUT2D eigenvalue weighted by Crippen LogP contribution is -2.29. The summed E-state index contributed by atoms with van der Waals surface area (Å²) in [5, 5.41) is 4.88. The summed E-state index contributed by atoms with van der Waals surface area (Å²) in [6.45, 7) is 4.28. The van der Waals surface area contributed by atoms with E-state index in [0.717, 1.165) is 34.2 Å². The Morgan fingerprint density at radius 2 is 1.76 bits per heavy atom. The van der Waals surface area contributed by atoms with E-state index in [1.54, 1.807) is 7.11 Å². The fourth-order valence-corrected chi connectivity index (χ4v) is 5.26. The van der Waals surface area contributed by atoms with Gasteiger partial charge in [-0.25, -0.2) is 0 Å². The van der Waals surface area contributed by atoms with Gasteiger partial charge < -0.3 is 19.5 Å². The Labute approximate surface area is 210 Å². The second-order valence-electron chi connectivity index (χ2n) is 8.34. The van der Waals surface area contributed by atoms with Gasteiger partial charge in [0, 0.05) is 40.0 Å². The molecule has 1 saturated heterocycles. The highest BCUT2D eigenvalue weighted by Gasteiger charge is 2.42. The molecule has 0 radical (unpaired) electrons. The topological polar surface area (TPSA) is 42.3 Å². The van der Waals surface area contributed by atoms with Crippen LogP contribution < -0.4 is 15.0 Å². The van der Waals surface area contributed by atoms with Crippen LogP contribution in [0.4, 0.5) is 5.69 Å². The van der Waals surface area contributed by atoms with Crippen LogP contribution in [-0.2, 0) is 0 Å². The molecule has 0 spiro atoms. The Kier molecular flexibility index (Phi) is 6.02. The largest absolute Gasteiger partial charge is 0.497 e. The molecular formula is C27H25ClN4OS. The van der Waals surface area contributed by atoms with Gasteiger partial charge in [-0.2, -0.15) is 0 Å². The molecule has 4 aromatic rings. The zero-order valence-electron chi connectivity index (χ0n) is 19.2. The minimum absolute atomic E-state index is 0.0888. The number of hydrogen-bond donors (Lipinski definition) is 1. The van der Waals surface area contributed by atoms with Crippen LogP contribution >= 0.6 is 23.8 Å². The lowest BCUT2D eigenvalue weighted by molar-refractivity contribution is 0.414. The first-order chi connectivity index (χ1) is 16.5. The Bertz CT molecular complexity index is 1340. The number of thiocarbonyl (C=S) groups is 1. The Hall–Kier alpha value is -3.35. The van der Waals surface area contributed by atoms with Crippen molar-refractivity contribution in [2.24, 2.45) is 0 Å². The zero-order valence-corrected chi connectivity index (χ0v) is 20.8. The molecule has 1 aliphatic rings. The molecule has 0 saturated carbocycles. The molecule has 0 unspecified atom stereocenters. The molecule has 172 valence electrons. The van der Waals surface area contributed by atoms with Gasteiger partial charge in [-0.15, -0.1) is 0 Å². The van der Waals surface area contributed by atoms with E-state index in [0.29, 0.717) is 10.1 Å². The van der Waals surface area contributed by atoms with Crippen LogP contribution in [-0.4, -0.2) is 21.8 Å². The highest BCUT2D eigenvalue weighted by Crippen LogP contribution is 2.44. The summed E-state index contributed by atoms with van der Waals surface area (Å²) in [5.41, 5.74) is 6.44. The molecule has 5 rings (SSSR count). The Morgan fingerprint density at radius 3 is 2.47 bits per heavy atom. The van der Waals surface area contributed by atoms with Gasteiger partial charge >= 0.3 is 0 Å². The Balaban J connectivity index is 1.67. The third-order valence-electron chi connectivity index (χ3n) is 6.30. The van der Waals surface area contributed by atoms with Gasteiger partial charge in [0.2, 0.25) is 0 Å². The SMILES string of the molecule is COc1cccc(-n2c(C)cc([C@H]3[C@@H](c4ccccn4)NC(=S)N3c3ccc(Cl)cc3)c2C)c1. The van der Waals surface area contributed by atoms with Gasteiger partial charge in [0.25, 0.3) is 0 Å². The molecule has 7 heteroatoms. The van der Waals surface area contributed by atoms with Gasteiger partial charge in [-0.05, 0) is 86.2 Å². The molecule has 2 aromatic heterocycles. The number of ether oxygens (including phenoxy) is 1. The zero-order chi connectivity index (χ0) is 23.8. The van der Waals surface area contributed by atoms with Crippen LogP contribution in [0.3, 0.4) is 0 Å². The van der Waals surface area contributed by atoms with E-state index in [-0.39, 0.29) is 12.1 Å². The quantitative estimate of drug-likeness (QED) is 0.332. The third-order valence-corrected chi connectivity index (χ3v) is 6.87. The number of nitrogens with one attached hydrogen (secondary N) is 1. The second-order valence-corrected chi connectivity index (χ2v) is 9.16. The first-order valence-corrected chi connectivity index (χ1v) is 11.9. The maximum absolute atomic E-state index is 6.18. The molecule has 34 heavy (non-hydrogen) atoms. The standard InChI is InChI=1S/C27H25ClN4OS/c1-17-15-23(18(2)31(17)21-7-6-8-22(16-21)33-3)26-25(24-9-4-5-14-29-24)30-27(34)32(26)20-12-10-19(28)11-13-20/h4-16,25-26H,1-3H3,(H,30,34)/t25-,26+/m1/s1. The van der Waals surface area contributed by atoms with Crippen LogP contribution in [0.15, 0.2) is 79.0 Å². The highest BCUT2D eigenvalue weighted by molar-refractivity contribution is 7.80. The molecule has 0 amide bonds. The second kappa shape index (κ2) is 9.12. The summed E-state index contributed by atoms with van der Waals surface area (Å²) < 4.78 is 7.73. The number of halogens is 1. The maximum Gasteiger partial charge on any atom is 0.174 e. The van der Waals surface area contributed by atoms with Crippen LogP contribution in [0.25, 0.3) is 5.69 Å². The lowest BCUT2D eigenvalue weighted by Gasteiger charge is -2.28. The number of nitrogens with zero attached hydrogens (tertiary/aromatic N) is 3. The summed E-state index contributed by atoms with van der Waals surface area (Å²) in [6, 6.07) is 23.9. The van der Waals surface area contributed by atoms with Gasteiger partial charge in [-0.3, -0.25) is 4.98 Å². The molecule has 1 fully saturated rings. The van der Waals surface area contributed by atoms with E-state index in [9.17, 15) is 0 Å². The fraction of sp³-hybridized carbons (Fsp3) is 0.185. The predicted octanol–water partition coefficient (Wildman–Crippen LogP) is 6.33. The smallest absolute Gasteiger partial charge is 0.174 e. The summed E-state index contributed by atoms with van der Waals surface area (Å²) in [6.07, 6.45) is 1.82. The number of rotatable bonds is 5. The van der Waals surface area contributed by atoms with E-state index < -0.39 is 0 Å². The van der Waals surface area contributed by atoms with Crippen LogP contribution in [0.5, 0.6) is 5.75 Å². The van der Waals surface area contributed by atoms with Crippen molar-refractivity contribution in [2.45, 2.75) is 25.9 Å². The molecule has 0 bridgehead atoms. The number of aromatic nitrogens is 2. The molecule has 0 aliphatic carbocycles. The van der Waals surface area contributed by atoms with Gasteiger partial charge in [0.1, 0.15) is 5.75 Å². The number of hydrogen-bond acceptors (Lipinski definition) is 3. The predicted molar refractivity (Wildman–Crippen MR) is 141 cm³/mol. The molecule has 3 heterocycles. The average Bonchev–Trinajstić information content (AvgIpc) is 3.35. The summed E-state index contributed by atoms with van der Waals surface area (Å²) in [4.78, 5) is 6.83. The van der Waals surface area contributed by atoms with E-state index in [1.807, 2.05) is 60.8 Å². The highest BCUT2D eigenvalue weighted by atomic mass is 35.5. The van der Waals surface area contributed by atoms with Gasteiger partial charge in [0.05, 0.1) is 24.9 Å². The lowest BCUT2D eigenvalue weighted by atomic mass is 9.96. The monoisotopic (exact) mass is 488 g/mol. The number of anilines is 1. The van der Waals surface area contributed by atoms with E-state index in [2.05, 4.69) is 51.8 Å². The van der Waals surface area contributed by atoms with Crippen LogP contribution in [0.1, 0.15) is 34.7 Å². The minimum Gasteiger partial charge on any atom is -0.497 e. The minimum atomic E-state index is -0.108. The summed E-state index contributed by atoms with van der Waals surface area (Å²) >= 11 is 12.0. The molecular weight excluding hydrogens is 464 g/mol. The van der Waals surface area contributed by atoms with Crippen molar-refractivity contribution in [3.8, 4) is 11.4 Å². The molecule has 1 N–H and O–H groups in total. The van der Waals surface area contributed by atoms with Crippen molar-refractivity contribution < 1.29 is 4.74 Å². The Morgan fingerprint density at radius 1 is 0.971 bits per heavy atom. The van der Waals surface area contributed by atoms with E-state index in [4.69, 9.17) is 28.6 Å². The van der Waals surface area contributed by atoms with Crippen LogP contribution in [0, 0.1) is 13.8 Å². The van der Waals surface area contributed by atoms with Crippen molar-refractivity contribution in [3.63, 3.8) is 0 Å². The number of aryl methyl sites for hydroxylation is 1. The van der Waals surface area contributed by atoms with Gasteiger partial charge in [-0.1, -0.05) is 23.7 Å². The van der Waals surface area contributed by atoms with Crippen molar-refractivity contribution in [2.75, 3.05) is 12.0 Å². The normalized spacial score (nSPS) is 17.6. The van der Waals surface area contributed by atoms with Crippen molar-refractivity contribution >= 4 is 34.6 Å². The first kappa shape index (κ1) is 22.4. The van der Waals surface area contributed by atoms with E-state index >= 15 is 0 Å². The average molecular weight is 489 g/mol. The number of pyridine rings is 1. The summed E-state index contributed by atoms with van der Waals surface area (Å²) in [5.74, 6) is 0.824.